The molecule has 0 aliphatic rings. The van der Waals surface area contributed by atoms with Crippen LogP contribution in [0.1, 0.15) is 22.7 Å². The van der Waals surface area contributed by atoms with Gasteiger partial charge >= 0.3 is 0 Å². The van der Waals surface area contributed by atoms with E-state index in [2.05, 4.69) is 65.2 Å². The summed E-state index contributed by atoms with van der Waals surface area (Å²) in [5.41, 5.74) is 10.0. The summed E-state index contributed by atoms with van der Waals surface area (Å²) in [7, 11) is 0. The highest BCUT2D eigenvalue weighted by Crippen LogP contribution is 2.23. The van der Waals surface area contributed by atoms with Crippen LogP contribution in [0.4, 0.5) is 0 Å². The maximum Gasteiger partial charge on any atom is 0.0656 e. The number of aryl methyl sites for hydroxylation is 1. The van der Waals surface area contributed by atoms with Crippen LogP contribution < -0.4 is 5.73 Å². The van der Waals surface area contributed by atoms with E-state index < -0.39 is 0 Å². The van der Waals surface area contributed by atoms with Gasteiger partial charge in [-0.15, -0.1) is 11.3 Å². The van der Waals surface area contributed by atoms with Gasteiger partial charge in [0.15, 0.2) is 0 Å². The maximum atomic E-state index is 6.19. The zero-order valence-corrected chi connectivity index (χ0v) is 12.1. The minimum absolute atomic E-state index is 0.113. The highest BCUT2D eigenvalue weighted by atomic mass is 127. The minimum atomic E-state index is 0.113. The molecule has 1 heterocycles. The van der Waals surface area contributed by atoms with E-state index in [1.165, 1.54) is 19.6 Å². The topological polar surface area (TPSA) is 26.0 Å². The van der Waals surface area contributed by atoms with Crippen molar-refractivity contribution in [2.24, 2.45) is 5.73 Å². The van der Waals surface area contributed by atoms with Crippen molar-refractivity contribution >= 4 is 33.9 Å². The molecule has 1 nitrogen and oxygen atoms in total. The van der Waals surface area contributed by atoms with Crippen LogP contribution in [0.2, 0.25) is 0 Å². The van der Waals surface area contributed by atoms with Crippen LogP contribution in [-0.2, 0) is 6.42 Å². The molecule has 0 fully saturated rings. The highest BCUT2D eigenvalue weighted by Gasteiger charge is 2.08. The monoisotopic (exact) mass is 343 g/mol. The molecular formula is C13H14INS. The Morgan fingerprint density at radius 2 is 2.19 bits per heavy atom. The first-order chi connectivity index (χ1) is 7.65. The van der Waals surface area contributed by atoms with E-state index in [4.69, 9.17) is 5.73 Å². The molecule has 2 aromatic rings. The molecule has 1 aromatic carbocycles. The lowest BCUT2D eigenvalue weighted by molar-refractivity contribution is 0.724. The Balaban J connectivity index is 2.10. The van der Waals surface area contributed by atoms with Crippen molar-refractivity contribution in [3.63, 3.8) is 0 Å². The van der Waals surface area contributed by atoms with Crippen LogP contribution in [0.25, 0.3) is 0 Å². The van der Waals surface area contributed by atoms with Gasteiger partial charge in [0.05, 0.1) is 2.88 Å². The lowest BCUT2D eigenvalue weighted by atomic mass is 10.0. The predicted octanol–water partition coefficient (Wildman–Crippen LogP) is 3.90. The van der Waals surface area contributed by atoms with Gasteiger partial charge in [0.25, 0.3) is 0 Å². The molecule has 84 valence electrons. The van der Waals surface area contributed by atoms with Gasteiger partial charge in [-0.1, -0.05) is 29.8 Å². The summed E-state index contributed by atoms with van der Waals surface area (Å²) in [5.74, 6) is 0. The normalized spacial score (nSPS) is 12.7. The van der Waals surface area contributed by atoms with Gasteiger partial charge in [-0.25, -0.2) is 0 Å². The second kappa shape index (κ2) is 5.29. The molecule has 1 atom stereocenters. The lowest BCUT2D eigenvalue weighted by Gasteiger charge is -2.10. The van der Waals surface area contributed by atoms with E-state index in [9.17, 15) is 0 Å². The summed E-state index contributed by atoms with van der Waals surface area (Å²) < 4.78 is 1.30. The fourth-order valence-electron chi connectivity index (χ4n) is 1.73. The molecule has 0 aliphatic carbocycles. The Morgan fingerprint density at radius 1 is 1.38 bits per heavy atom. The van der Waals surface area contributed by atoms with Crippen molar-refractivity contribution in [2.75, 3.05) is 0 Å². The summed E-state index contributed by atoms with van der Waals surface area (Å²) in [4.78, 5) is 0. The van der Waals surface area contributed by atoms with Gasteiger partial charge in [0.1, 0.15) is 0 Å². The Kier molecular flexibility index (Phi) is 4.00. The molecule has 16 heavy (non-hydrogen) atoms. The summed E-state index contributed by atoms with van der Waals surface area (Å²) >= 11 is 4.09. The molecule has 0 aliphatic heterocycles. The minimum Gasteiger partial charge on any atom is -0.324 e. The van der Waals surface area contributed by atoms with Crippen LogP contribution in [0.15, 0.2) is 35.7 Å². The number of hydrogen-bond donors (Lipinski definition) is 1. The van der Waals surface area contributed by atoms with Crippen LogP contribution in [0.5, 0.6) is 0 Å². The molecule has 0 radical (unpaired) electrons. The molecule has 3 heteroatoms. The summed E-state index contributed by atoms with van der Waals surface area (Å²) in [6.07, 6.45) is 0.911. The van der Waals surface area contributed by atoms with E-state index in [0.29, 0.717) is 0 Å². The average molecular weight is 343 g/mol. The van der Waals surface area contributed by atoms with Crippen molar-refractivity contribution in [2.45, 2.75) is 19.4 Å². The van der Waals surface area contributed by atoms with Gasteiger partial charge < -0.3 is 5.73 Å². The number of rotatable bonds is 3. The van der Waals surface area contributed by atoms with Crippen molar-refractivity contribution in [1.82, 2.24) is 0 Å². The second-order valence-electron chi connectivity index (χ2n) is 3.98. The van der Waals surface area contributed by atoms with E-state index in [0.717, 1.165) is 6.42 Å². The van der Waals surface area contributed by atoms with Crippen LogP contribution >= 0.6 is 33.9 Å². The molecule has 2 N–H and O–H groups in total. The average Bonchev–Trinajstić information content (AvgIpc) is 2.65. The Hall–Kier alpha value is -0.390. The predicted molar refractivity (Wildman–Crippen MR) is 78.8 cm³/mol. The third-order valence-electron chi connectivity index (χ3n) is 2.55. The van der Waals surface area contributed by atoms with Crippen LogP contribution in [0, 0.1) is 9.81 Å². The quantitative estimate of drug-likeness (QED) is 0.841. The molecule has 0 saturated carbocycles. The van der Waals surface area contributed by atoms with Crippen molar-refractivity contribution in [3.05, 3.63) is 55.3 Å². The number of thiophene rings is 1. The summed E-state index contributed by atoms with van der Waals surface area (Å²) in [5, 5.41) is 2.15. The van der Waals surface area contributed by atoms with Crippen LogP contribution in [0.3, 0.4) is 0 Å². The molecule has 0 saturated heterocycles. The van der Waals surface area contributed by atoms with E-state index in [1.807, 2.05) is 0 Å². The highest BCUT2D eigenvalue weighted by molar-refractivity contribution is 14.1. The zero-order valence-electron chi connectivity index (χ0n) is 9.11. The molecule has 1 unspecified atom stereocenters. The van der Waals surface area contributed by atoms with E-state index >= 15 is 0 Å². The fourth-order valence-corrected chi connectivity index (χ4v) is 3.17. The van der Waals surface area contributed by atoms with Crippen molar-refractivity contribution in [3.8, 4) is 0 Å². The molecule has 1 aromatic heterocycles. The molecule has 2 rings (SSSR count). The summed E-state index contributed by atoms with van der Waals surface area (Å²) in [6.45, 7) is 2.11. The standard InChI is InChI=1S/C13H14INS/c1-9-3-2-4-10(5-9)6-12(15)11-7-13(14)16-8-11/h2-5,7-8,12H,6,15H2,1H3. The number of halogens is 1. The first-order valence-corrected chi connectivity index (χ1v) is 7.16. The van der Waals surface area contributed by atoms with Gasteiger partial charge in [0.2, 0.25) is 0 Å². The van der Waals surface area contributed by atoms with Gasteiger partial charge in [-0.05, 0) is 58.5 Å². The fraction of sp³-hybridized carbons (Fsp3) is 0.231. The van der Waals surface area contributed by atoms with E-state index in [-0.39, 0.29) is 6.04 Å². The molecule has 0 bridgehead atoms. The number of hydrogen-bond acceptors (Lipinski definition) is 2. The van der Waals surface area contributed by atoms with Crippen LogP contribution in [-0.4, -0.2) is 0 Å². The zero-order chi connectivity index (χ0) is 11.5. The third-order valence-corrected chi connectivity index (χ3v) is 4.36. The molecule has 0 amide bonds. The van der Waals surface area contributed by atoms with Crippen molar-refractivity contribution in [1.29, 1.82) is 0 Å². The third kappa shape index (κ3) is 3.06. The van der Waals surface area contributed by atoms with Gasteiger partial charge in [-0.2, -0.15) is 0 Å². The first kappa shape index (κ1) is 12.1. The Morgan fingerprint density at radius 3 is 2.81 bits per heavy atom. The van der Waals surface area contributed by atoms with Gasteiger partial charge in [-0.3, -0.25) is 0 Å². The van der Waals surface area contributed by atoms with Gasteiger partial charge in [0, 0.05) is 6.04 Å². The summed E-state index contributed by atoms with van der Waals surface area (Å²) in [6, 6.07) is 10.8. The lowest BCUT2D eigenvalue weighted by Crippen LogP contribution is -2.12. The second-order valence-corrected chi connectivity index (χ2v) is 6.79. The SMILES string of the molecule is Cc1cccc(CC(N)c2csc(I)c2)c1. The number of benzene rings is 1. The Labute approximate surface area is 114 Å². The first-order valence-electron chi connectivity index (χ1n) is 5.20. The van der Waals surface area contributed by atoms with Crippen molar-refractivity contribution < 1.29 is 0 Å². The van der Waals surface area contributed by atoms with E-state index in [1.54, 1.807) is 11.3 Å². The maximum absolute atomic E-state index is 6.19. The smallest absolute Gasteiger partial charge is 0.0656 e. The molecular weight excluding hydrogens is 329 g/mol. The Bertz CT molecular complexity index is 478. The molecule has 0 spiro atoms. The largest absolute Gasteiger partial charge is 0.324 e. The number of nitrogens with two attached hydrogens (primary N) is 1.